The number of sulfonamides is 1. The van der Waals surface area contributed by atoms with Crippen LogP contribution in [0.1, 0.15) is 21.6 Å². The number of aromatic nitrogens is 2. The fourth-order valence-electron chi connectivity index (χ4n) is 2.55. The van der Waals surface area contributed by atoms with Crippen LogP contribution >= 0.6 is 11.6 Å². The van der Waals surface area contributed by atoms with E-state index in [1.807, 2.05) is 4.72 Å². The number of carbonyl (C=O) groups excluding carboxylic acids is 1. The van der Waals surface area contributed by atoms with Crippen molar-refractivity contribution >= 4 is 27.5 Å². The van der Waals surface area contributed by atoms with Gasteiger partial charge in [-0.05, 0) is 42.8 Å². The summed E-state index contributed by atoms with van der Waals surface area (Å²) in [6.45, 7) is 1.50. The monoisotopic (exact) mass is 443 g/mol. The molecule has 0 atom stereocenters. The van der Waals surface area contributed by atoms with E-state index in [4.69, 9.17) is 11.6 Å². The normalized spacial score (nSPS) is 12.0. The quantitative estimate of drug-likeness (QED) is 0.661. The summed E-state index contributed by atoms with van der Waals surface area (Å²) in [6, 6.07) is 8.91. The number of aryl methyl sites for hydroxylation is 1. The first-order chi connectivity index (χ1) is 13.5. The fraction of sp³-hybridized carbons (Fsp3) is 0.111. The summed E-state index contributed by atoms with van der Waals surface area (Å²) in [5.74, 6) is -1.05. The van der Waals surface area contributed by atoms with Crippen LogP contribution in [-0.4, -0.2) is 23.9 Å². The predicted octanol–water partition coefficient (Wildman–Crippen LogP) is 3.97. The molecule has 3 aromatic rings. The number of amides is 1. The van der Waals surface area contributed by atoms with Gasteiger partial charge in [0.2, 0.25) is 0 Å². The number of hydrogen-bond acceptors (Lipinski definition) is 4. The lowest BCUT2D eigenvalue weighted by atomic mass is 10.1. The molecular formula is C18H13ClF3N3O3S. The SMILES string of the molecule is Cc1cc(-n2cnc(C(=O)NS(=O)(=O)c3ccccc3Cl)c2)cc(C(F)(F)F)c1. The van der Waals surface area contributed by atoms with Crippen molar-refractivity contribution in [3.8, 4) is 5.69 Å². The molecule has 0 saturated carbocycles. The van der Waals surface area contributed by atoms with E-state index in [0.717, 1.165) is 24.7 Å². The van der Waals surface area contributed by atoms with Crippen LogP contribution in [-0.2, 0) is 16.2 Å². The summed E-state index contributed by atoms with van der Waals surface area (Å²) >= 11 is 5.85. The van der Waals surface area contributed by atoms with E-state index in [-0.39, 0.29) is 21.3 Å². The van der Waals surface area contributed by atoms with Gasteiger partial charge in [-0.1, -0.05) is 23.7 Å². The molecule has 0 spiro atoms. The second kappa shape index (κ2) is 7.53. The van der Waals surface area contributed by atoms with Crippen LogP contribution in [0.3, 0.4) is 0 Å². The van der Waals surface area contributed by atoms with E-state index in [1.165, 1.54) is 41.8 Å². The lowest BCUT2D eigenvalue weighted by molar-refractivity contribution is -0.137. The van der Waals surface area contributed by atoms with Gasteiger partial charge >= 0.3 is 6.18 Å². The van der Waals surface area contributed by atoms with E-state index in [0.29, 0.717) is 5.56 Å². The molecule has 2 aromatic carbocycles. The summed E-state index contributed by atoms with van der Waals surface area (Å²) in [5.41, 5.74) is -0.669. The predicted molar refractivity (Wildman–Crippen MR) is 99.4 cm³/mol. The molecule has 11 heteroatoms. The number of nitrogens with one attached hydrogen (secondary N) is 1. The van der Waals surface area contributed by atoms with E-state index < -0.39 is 27.7 Å². The Bertz CT molecular complexity index is 1190. The van der Waals surface area contributed by atoms with Crippen LogP contribution in [0.25, 0.3) is 5.69 Å². The van der Waals surface area contributed by atoms with Crippen molar-refractivity contribution in [1.29, 1.82) is 0 Å². The Balaban J connectivity index is 1.88. The minimum absolute atomic E-state index is 0.0715. The van der Waals surface area contributed by atoms with Crippen LogP contribution in [0.5, 0.6) is 0 Å². The fourth-order valence-corrected chi connectivity index (χ4v) is 4.03. The van der Waals surface area contributed by atoms with Gasteiger partial charge in [-0.25, -0.2) is 18.1 Å². The standard InChI is InChI=1S/C18H13ClF3N3O3S/c1-11-6-12(18(20,21)22)8-13(7-11)25-9-15(23-10-25)17(26)24-29(27,28)16-5-3-2-4-14(16)19/h2-10H,1H3,(H,24,26). The van der Waals surface area contributed by atoms with Gasteiger partial charge in [0, 0.05) is 11.9 Å². The van der Waals surface area contributed by atoms with Crippen molar-refractivity contribution in [2.24, 2.45) is 0 Å². The molecule has 29 heavy (non-hydrogen) atoms. The first-order valence-electron chi connectivity index (χ1n) is 8.02. The van der Waals surface area contributed by atoms with E-state index in [1.54, 1.807) is 0 Å². The lowest BCUT2D eigenvalue weighted by Gasteiger charge is -2.11. The van der Waals surface area contributed by atoms with Crippen molar-refractivity contribution in [1.82, 2.24) is 14.3 Å². The molecule has 3 rings (SSSR count). The highest BCUT2D eigenvalue weighted by atomic mass is 35.5. The van der Waals surface area contributed by atoms with Crippen molar-refractivity contribution in [2.45, 2.75) is 18.0 Å². The lowest BCUT2D eigenvalue weighted by Crippen LogP contribution is -2.31. The van der Waals surface area contributed by atoms with Gasteiger partial charge < -0.3 is 4.57 Å². The van der Waals surface area contributed by atoms with Crippen molar-refractivity contribution in [2.75, 3.05) is 0 Å². The zero-order valence-electron chi connectivity index (χ0n) is 14.7. The molecule has 152 valence electrons. The molecule has 1 amide bonds. The number of alkyl halides is 3. The summed E-state index contributed by atoms with van der Waals surface area (Å²) in [5, 5.41) is -0.0715. The Hall–Kier alpha value is -2.85. The number of benzene rings is 2. The van der Waals surface area contributed by atoms with E-state index in [2.05, 4.69) is 4.98 Å². The van der Waals surface area contributed by atoms with Crippen LogP contribution < -0.4 is 4.72 Å². The zero-order valence-corrected chi connectivity index (χ0v) is 16.3. The number of imidazole rings is 1. The Kier molecular flexibility index (Phi) is 5.42. The highest BCUT2D eigenvalue weighted by Crippen LogP contribution is 2.31. The maximum absolute atomic E-state index is 13.0. The third-order valence-corrected chi connectivity index (χ3v) is 5.69. The molecular weight excluding hydrogens is 431 g/mol. The number of hydrogen-bond donors (Lipinski definition) is 1. The average molecular weight is 444 g/mol. The second-order valence-corrected chi connectivity index (χ2v) is 8.14. The molecule has 0 saturated heterocycles. The van der Waals surface area contributed by atoms with Gasteiger partial charge in [0.15, 0.2) is 0 Å². The van der Waals surface area contributed by atoms with Crippen molar-refractivity contribution in [3.05, 3.63) is 76.8 Å². The number of rotatable bonds is 4. The largest absolute Gasteiger partial charge is 0.416 e. The number of carbonyl (C=O) groups is 1. The molecule has 0 unspecified atom stereocenters. The average Bonchev–Trinajstić information content (AvgIpc) is 3.10. The molecule has 1 heterocycles. The molecule has 0 aliphatic rings. The molecule has 0 aliphatic heterocycles. The minimum atomic E-state index is -4.54. The Morgan fingerprint density at radius 2 is 1.86 bits per heavy atom. The Morgan fingerprint density at radius 1 is 1.17 bits per heavy atom. The number of halogens is 4. The molecule has 0 aliphatic carbocycles. The van der Waals surface area contributed by atoms with E-state index >= 15 is 0 Å². The van der Waals surface area contributed by atoms with Gasteiger partial charge in [-0.2, -0.15) is 13.2 Å². The Morgan fingerprint density at radius 3 is 2.52 bits per heavy atom. The third-order valence-electron chi connectivity index (χ3n) is 3.86. The first-order valence-corrected chi connectivity index (χ1v) is 9.88. The van der Waals surface area contributed by atoms with Crippen LogP contribution in [0, 0.1) is 6.92 Å². The van der Waals surface area contributed by atoms with Gasteiger partial charge in [-0.15, -0.1) is 0 Å². The highest BCUT2D eigenvalue weighted by Gasteiger charge is 2.31. The highest BCUT2D eigenvalue weighted by molar-refractivity contribution is 7.90. The maximum Gasteiger partial charge on any atom is 0.416 e. The smallest absolute Gasteiger partial charge is 0.305 e. The van der Waals surface area contributed by atoms with Gasteiger partial charge in [0.25, 0.3) is 15.9 Å². The van der Waals surface area contributed by atoms with Gasteiger partial charge in [0.1, 0.15) is 16.9 Å². The molecule has 1 N–H and O–H groups in total. The minimum Gasteiger partial charge on any atom is -0.305 e. The van der Waals surface area contributed by atoms with Crippen LogP contribution in [0.15, 0.2) is 59.9 Å². The summed E-state index contributed by atoms with van der Waals surface area (Å²) in [7, 11) is -4.26. The molecule has 1 aromatic heterocycles. The molecule has 0 radical (unpaired) electrons. The summed E-state index contributed by atoms with van der Waals surface area (Å²) < 4.78 is 66.7. The zero-order chi connectivity index (χ0) is 21.4. The van der Waals surface area contributed by atoms with Gasteiger partial charge in [0.05, 0.1) is 10.6 Å². The summed E-state index contributed by atoms with van der Waals surface area (Å²) in [6.07, 6.45) is -2.29. The van der Waals surface area contributed by atoms with Crippen molar-refractivity contribution < 1.29 is 26.4 Å². The number of nitrogens with zero attached hydrogens (tertiary/aromatic N) is 2. The molecule has 0 fully saturated rings. The van der Waals surface area contributed by atoms with Crippen LogP contribution in [0.4, 0.5) is 13.2 Å². The molecule has 6 nitrogen and oxygen atoms in total. The van der Waals surface area contributed by atoms with Crippen LogP contribution in [0.2, 0.25) is 5.02 Å². The topological polar surface area (TPSA) is 81.1 Å². The Labute approximate surface area is 169 Å². The second-order valence-electron chi connectivity index (χ2n) is 6.09. The maximum atomic E-state index is 13.0. The van der Waals surface area contributed by atoms with E-state index in [9.17, 15) is 26.4 Å². The summed E-state index contributed by atoms with van der Waals surface area (Å²) in [4.78, 5) is 15.8. The van der Waals surface area contributed by atoms with Gasteiger partial charge in [-0.3, -0.25) is 4.79 Å². The third kappa shape index (κ3) is 4.60. The molecule has 0 bridgehead atoms. The van der Waals surface area contributed by atoms with Crippen molar-refractivity contribution in [3.63, 3.8) is 0 Å². The first kappa shape index (κ1) is 20.9.